The van der Waals surface area contributed by atoms with Gasteiger partial charge in [-0.05, 0) is 64.5 Å². The van der Waals surface area contributed by atoms with Crippen molar-refractivity contribution in [2.75, 3.05) is 19.5 Å². The van der Waals surface area contributed by atoms with E-state index in [2.05, 4.69) is 21.2 Å². The van der Waals surface area contributed by atoms with Crippen molar-refractivity contribution in [3.05, 3.63) is 93.7 Å². The molecule has 0 saturated heterocycles. The number of anilines is 1. The lowest BCUT2D eigenvalue weighted by Crippen LogP contribution is -2.10. The zero-order chi connectivity index (χ0) is 26.8. The number of nitrogens with zero attached hydrogens (tertiary/aromatic N) is 1. The number of benzene rings is 2. The molecule has 5 nitrogen and oxygen atoms in total. The van der Waals surface area contributed by atoms with E-state index in [1.807, 2.05) is 33.8 Å². The number of nitrogens with one attached hydrogen (secondary N) is 1. The molecule has 4 aromatic rings. The summed E-state index contributed by atoms with van der Waals surface area (Å²) in [5, 5.41) is 2.75. The maximum Gasteiger partial charge on any atom is 0.209 e. The highest BCUT2D eigenvalue weighted by Gasteiger charge is 2.19. The summed E-state index contributed by atoms with van der Waals surface area (Å²) >= 11 is 3.43. The first-order valence-corrected chi connectivity index (χ1v) is 12.5. The molecule has 0 aliphatic heterocycles. The number of methoxy groups -OCH3 is 2. The number of pyridine rings is 1. The second kappa shape index (κ2) is 13.6. The van der Waals surface area contributed by atoms with E-state index >= 15 is 0 Å². The first kappa shape index (κ1) is 28.8. The normalized spacial score (nSPS) is 10.0. The average Bonchev–Trinajstić information content (AvgIpc) is 3.35. The molecule has 0 aliphatic rings. The van der Waals surface area contributed by atoms with E-state index in [1.54, 1.807) is 47.0 Å². The summed E-state index contributed by atoms with van der Waals surface area (Å²) in [5.41, 5.74) is 1.39. The summed E-state index contributed by atoms with van der Waals surface area (Å²) in [4.78, 5) is 13.0. The standard InChI is InChI=1S/C24H19BrF2N2O3.2C2H6/c1-31-16-6-5-14(22(12-16)32-2)13-28-23-18(26)10-15(11-19(23)27)24(30)21-8-7-20-17(25)4-3-9-29(20)21;2*1-2/h3-12,28H,13H2,1-2H3;2*1-2H3. The van der Waals surface area contributed by atoms with Gasteiger partial charge >= 0.3 is 0 Å². The van der Waals surface area contributed by atoms with Crippen molar-refractivity contribution in [1.82, 2.24) is 4.40 Å². The van der Waals surface area contributed by atoms with E-state index in [-0.39, 0.29) is 17.8 Å². The van der Waals surface area contributed by atoms with Gasteiger partial charge in [-0.1, -0.05) is 27.7 Å². The lowest BCUT2D eigenvalue weighted by molar-refractivity contribution is 0.103. The molecule has 0 radical (unpaired) electrons. The molecule has 0 spiro atoms. The third kappa shape index (κ3) is 6.23. The Hall–Kier alpha value is -3.39. The Morgan fingerprint density at radius 1 is 0.944 bits per heavy atom. The smallest absolute Gasteiger partial charge is 0.209 e. The van der Waals surface area contributed by atoms with Gasteiger partial charge in [0.2, 0.25) is 5.78 Å². The van der Waals surface area contributed by atoms with Gasteiger partial charge in [0, 0.05) is 34.4 Å². The number of ether oxygens (including phenoxy) is 2. The Balaban J connectivity index is 0.00000109. The fourth-order valence-corrected chi connectivity index (χ4v) is 3.97. The lowest BCUT2D eigenvalue weighted by Gasteiger charge is -2.14. The van der Waals surface area contributed by atoms with Crippen molar-refractivity contribution < 1.29 is 23.0 Å². The number of hydrogen-bond acceptors (Lipinski definition) is 4. The third-order valence-corrected chi connectivity index (χ3v) is 5.80. The van der Waals surface area contributed by atoms with Crippen molar-refractivity contribution in [3.8, 4) is 11.5 Å². The maximum atomic E-state index is 14.8. The van der Waals surface area contributed by atoms with Gasteiger partial charge in [0.1, 0.15) is 28.8 Å². The molecule has 192 valence electrons. The number of fused-ring (bicyclic) bond motifs is 1. The number of aromatic nitrogens is 1. The molecule has 4 rings (SSSR count). The van der Waals surface area contributed by atoms with Crippen LogP contribution in [0.3, 0.4) is 0 Å². The number of carbonyl (C=O) groups excluding carboxylic acids is 1. The molecule has 0 saturated carbocycles. The highest BCUT2D eigenvalue weighted by molar-refractivity contribution is 9.10. The highest BCUT2D eigenvalue weighted by atomic mass is 79.9. The molecular formula is C28H31BrF2N2O3. The summed E-state index contributed by atoms with van der Waals surface area (Å²) in [5.74, 6) is -1.07. The van der Waals surface area contributed by atoms with Crippen LogP contribution in [0.4, 0.5) is 14.5 Å². The summed E-state index contributed by atoms with van der Waals surface area (Å²) in [7, 11) is 3.04. The molecule has 36 heavy (non-hydrogen) atoms. The number of halogens is 3. The number of rotatable bonds is 7. The van der Waals surface area contributed by atoms with E-state index < -0.39 is 17.4 Å². The second-order valence-corrected chi connectivity index (χ2v) is 7.86. The second-order valence-electron chi connectivity index (χ2n) is 7.01. The van der Waals surface area contributed by atoms with Crippen LogP contribution >= 0.6 is 15.9 Å². The minimum atomic E-state index is -0.858. The van der Waals surface area contributed by atoms with E-state index in [0.29, 0.717) is 22.8 Å². The van der Waals surface area contributed by atoms with Crippen molar-refractivity contribution in [3.63, 3.8) is 0 Å². The highest BCUT2D eigenvalue weighted by Crippen LogP contribution is 2.28. The molecule has 0 unspecified atom stereocenters. The Bertz CT molecular complexity index is 1300. The SMILES string of the molecule is CC.CC.COc1ccc(CNc2c(F)cc(C(=O)c3ccc4c(Br)cccn34)cc2F)c(OC)c1. The van der Waals surface area contributed by atoms with Crippen LogP contribution in [0.5, 0.6) is 11.5 Å². The minimum Gasteiger partial charge on any atom is -0.497 e. The van der Waals surface area contributed by atoms with Crippen LogP contribution in [0, 0.1) is 11.6 Å². The quantitative estimate of drug-likeness (QED) is 0.233. The number of ketones is 1. The molecule has 2 aromatic heterocycles. The van der Waals surface area contributed by atoms with E-state index in [9.17, 15) is 13.6 Å². The van der Waals surface area contributed by atoms with Crippen LogP contribution in [-0.2, 0) is 6.54 Å². The third-order valence-electron chi connectivity index (χ3n) is 5.13. The maximum absolute atomic E-state index is 14.8. The largest absolute Gasteiger partial charge is 0.497 e. The first-order chi connectivity index (χ1) is 17.4. The fraction of sp³-hybridized carbons (Fsp3) is 0.250. The first-order valence-electron chi connectivity index (χ1n) is 11.7. The zero-order valence-electron chi connectivity index (χ0n) is 21.3. The summed E-state index contributed by atoms with van der Waals surface area (Å²) in [6.07, 6.45) is 1.72. The Morgan fingerprint density at radius 2 is 1.61 bits per heavy atom. The zero-order valence-corrected chi connectivity index (χ0v) is 22.9. The molecule has 0 amide bonds. The van der Waals surface area contributed by atoms with Crippen molar-refractivity contribution in [1.29, 1.82) is 0 Å². The summed E-state index contributed by atoms with van der Waals surface area (Å²) in [6, 6.07) is 14.3. The van der Waals surface area contributed by atoms with Crippen LogP contribution in [0.15, 0.2) is 65.3 Å². The minimum absolute atomic E-state index is 0.0763. The molecular weight excluding hydrogens is 530 g/mol. The van der Waals surface area contributed by atoms with Crippen LogP contribution in [-0.4, -0.2) is 24.4 Å². The number of hydrogen-bond donors (Lipinski definition) is 1. The van der Waals surface area contributed by atoms with Gasteiger partial charge in [-0.15, -0.1) is 0 Å². The monoisotopic (exact) mass is 560 g/mol. The van der Waals surface area contributed by atoms with Crippen LogP contribution in [0.1, 0.15) is 49.3 Å². The predicted octanol–water partition coefficient (Wildman–Crippen LogP) is 7.89. The lowest BCUT2D eigenvalue weighted by atomic mass is 10.1. The fourth-order valence-electron chi connectivity index (χ4n) is 3.49. The van der Waals surface area contributed by atoms with Gasteiger partial charge in [0.25, 0.3) is 0 Å². The molecule has 0 fully saturated rings. The van der Waals surface area contributed by atoms with E-state index in [1.165, 1.54) is 14.2 Å². The van der Waals surface area contributed by atoms with Gasteiger partial charge in [0.05, 0.1) is 25.4 Å². The van der Waals surface area contributed by atoms with Crippen molar-refractivity contribution >= 4 is 32.9 Å². The van der Waals surface area contributed by atoms with Crippen LogP contribution in [0.25, 0.3) is 5.52 Å². The molecule has 0 bridgehead atoms. The Labute approximate surface area is 219 Å². The van der Waals surface area contributed by atoms with Gasteiger partial charge in [-0.2, -0.15) is 0 Å². The van der Waals surface area contributed by atoms with Gasteiger partial charge < -0.3 is 19.2 Å². The Kier molecular flexibility index (Phi) is 10.9. The molecule has 2 aromatic carbocycles. The summed E-state index contributed by atoms with van der Waals surface area (Å²) < 4.78 is 42.5. The topological polar surface area (TPSA) is 52.0 Å². The van der Waals surface area contributed by atoms with Crippen LogP contribution in [0.2, 0.25) is 0 Å². The van der Waals surface area contributed by atoms with E-state index in [4.69, 9.17) is 9.47 Å². The van der Waals surface area contributed by atoms with Gasteiger partial charge in [-0.25, -0.2) is 8.78 Å². The molecule has 1 N–H and O–H groups in total. The Morgan fingerprint density at radius 3 is 2.22 bits per heavy atom. The average molecular weight is 561 g/mol. The van der Waals surface area contributed by atoms with Gasteiger partial charge in [0.15, 0.2) is 0 Å². The molecule has 8 heteroatoms. The van der Waals surface area contributed by atoms with Gasteiger partial charge in [-0.3, -0.25) is 4.79 Å². The van der Waals surface area contributed by atoms with E-state index in [0.717, 1.165) is 22.1 Å². The molecule has 0 aliphatic carbocycles. The van der Waals surface area contributed by atoms with Crippen molar-refractivity contribution in [2.24, 2.45) is 0 Å². The molecule has 2 heterocycles. The molecule has 0 atom stereocenters. The number of carbonyl (C=O) groups is 1. The summed E-state index contributed by atoms with van der Waals surface area (Å²) in [6.45, 7) is 8.12. The predicted molar refractivity (Wildman–Crippen MR) is 144 cm³/mol. The van der Waals surface area contributed by atoms with Crippen molar-refractivity contribution in [2.45, 2.75) is 34.2 Å². The van der Waals surface area contributed by atoms with Crippen LogP contribution < -0.4 is 14.8 Å².